The molecule has 0 aliphatic heterocycles. The molecule has 2 rings (SSSR count). The van der Waals surface area contributed by atoms with Gasteiger partial charge in [0.05, 0.1) is 5.69 Å². The van der Waals surface area contributed by atoms with Crippen LogP contribution in [0, 0.1) is 23.3 Å². The van der Waals surface area contributed by atoms with Gasteiger partial charge in [-0.3, -0.25) is 0 Å². The smallest absolute Gasteiger partial charge is 0.239 e. The molecule has 2 N–H and O–H groups in total. The van der Waals surface area contributed by atoms with Crippen LogP contribution < -0.4 is 10.3 Å². The van der Waals surface area contributed by atoms with Crippen molar-refractivity contribution in [1.82, 2.24) is 0 Å². The predicted molar refractivity (Wildman–Crippen MR) is 72.2 cm³/mol. The third kappa shape index (κ3) is 4.17. The Hall–Kier alpha value is -2.63. The Balaban J connectivity index is 1.97. The molecule has 21 heavy (non-hydrogen) atoms. The molecule has 0 aromatic heterocycles. The van der Waals surface area contributed by atoms with E-state index in [4.69, 9.17) is 0 Å². The van der Waals surface area contributed by atoms with Crippen LogP contribution in [0.3, 0.4) is 0 Å². The van der Waals surface area contributed by atoms with E-state index in [1.165, 1.54) is 30.6 Å². The van der Waals surface area contributed by atoms with Gasteiger partial charge in [-0.2, -0.15) is 4.39 Å². The number of halogens is 4. The quantitative estimate of drug-likeness (QED) is 0.658. The van der Waals surface area contributed by atoms with Crippen molar-refractivity contribution in [3.05, 3.63) is 71.9 Å². The summed E-state index contributed by atoms with van der Waals surface area (Å²) in [6.07, 6.45) is 4.21. The minimum Gasteiger partial charge on any atom is -0.359 e. The molecule has 0 heterocycles. The van der Waals surface area contributed by atoms with Crippen LogP contribution in [0.2, 0.25) is 0 Å². The first-order valence-corrected chi connectivity index (χ1v) is 5.98. The van der Waals surface area contributed by atoms with E-state index in [9.17, 15) is 17.6 Å². The second-order valence-electron chi connectivity index (χ2n) is 4.06. The topological polar surface area (TPSA) is 26.0 Å². The lowest BCUT2D eigenvalue weighted by atomic mass is 10.3. The van der Waals surface area contributed by atoms with Crippen molar-refractivity contribution in [3.8, 4) is 0 Å². The molecule has 0 unspecified atom stereocenters. The number of hydrogen-bond donors (Lipinski definition) is 2. The zero-order valence-corrected chi connectivity index (χ0v) is 10.7. The number of allylic oxidation sites excluding steroid dienone is 1. The highest BCUT2D eigenvalue weighted by molar-refractivity contribution is 5.67. The third-order valence-electron chi connectivity index (χ3n) is 2.53. The fraction of sp³-hybridized carbons (Fsp3) is 0. The van der Waals surface area contributed by atoms with Crippen LogP contribution >= 0.6 is 0 Å². The molecule has 0 bridgehead atoms. The zero-order chi connectivity index (χ0) is 15.2. The number of hydrogen-bond acceptors (Lipinski definition) is 1. The van der Waals surface area contributed by atoms with Crippen LogP contribution in [-0.2, 0) is 0 Å². The van der Waals surface area contributed by atoms with Crippen LogP contribution in [0.25, 0.3) is 0 Å². The highest BCUT2D eigenvalue weighted by Crippen LogP contribution is 2.14. The van der Waals surface area contributed by atoms with E-state index in [1.807, 2.05) is 0 Å². The number of benzene rings is 2. The molecular weight excluding hydrogens is 284 g/mol. The SMILES string of the molecule is Fc1ccc(NC=CC=[NH+]c2ccc(F)cc2F)c(F)c1. The maximum Gasteiger partial charge on any atom is 0.239 e. The lowest BCUT2D eigenvalue weighted by Gasteiger charge is -2.01. The minimum absolute atomic E-state index is 0.106. The van der Waals surface area contributed by atoms with Crippen molar-refractivity contribution in [1.29, 1.82) is 0 Å². The van der Waals surface area contributed by atoms with Crippen molar-refractivity contribution >= 4 is 17.6 Å². The van der Waals surface area contributed by atoms with Crippen molar-refractivity contribution in [3.63, 3.8) is 0 Å². The molecule has 0 atom stereocenters. The van der Waals surface area contributed by atoms with E-state index in [2.05, 4.69) is 10.3 Å². The molecule has 0 radical (unpaired) electrons. The fourth-order valence-electron chi connectivity index (χ4n) is 1.54. The maximum absolute atomic E-state index is 13.3. The van der Waals surface area contributed by atoms with Crippen LogP contribution in [0.5, 0.6) is 0 Å². The molecule has 2 aromatic carbocycles. The molecule has 2 aromatic rings. The van der Waals surface area contributed by atoms with Gasteiger partial charge in [0.15, 0.2) is 12.0 Å². The van der Waals surface area contributed by atoms with E-state index in [-0.39, 0.29) is 11.4 Å². The first kappa shape index (κ1) is 14.8. The summed E-state index contributed by atoms with van der Waals surface area (Å²) < 4.78 is 51.9. The Morgan fingerprint density at radius 3 is 2.19 bits per heavy atom. The molecule has 108 valence electrons. The minimum atomic E-state index is -0.725. The van der Waals surface area contributed by atoms with Crippen LogP contribution in [0.1, 0.15) is 0 Å². The molecule has 0 saturated carbocycles. The molecule has 0 spiro atoms. The summed E-state index contributed by atoms with van der Waals surface area (Å²) >= 11 is 0. The van der Waals surface area contributed by atoms with Gasteiger partial charge in [-0.05, 0) is 18.2 Å². The Bertz CT molecular complexity index is 696. The number of rotatable bonds is 4. The summed E-state index contributed by atoms with van der Waals surface area (Å²) in [6, 6.07) is 6.26. The first-order valence-electron chi connectivity index (χ1n) is 5.98. The maximum atomic E-state index is 13.3. The lowest BCUT2D eigenvalue weighted by molar-refractivity contribution is -0.349. The predicted octanol–water partition coefficient (Wildman–Crippen LogP) is 2.65. The number of nitrogens with one attached hydrogen (secondary N) is 2. The molecular formula is C15H11F4N2+. The van der Waals surface area contributed by atoms with Crippen LogP contribution in [0.4, 0.5) is 28.9 Å². The summed E-state index contributed by atoms with van der Waals surface area (Å²) in [4.78, 5) is 2.60. The van der Waals surface area contributed by atoms with Crippen LogP contribution in [-0.4, -0.2) is 6.21 Å². The van der Waals surface area contributed by atoms with Gasteiger partial charge in [-0.25, -0.2) is 18.2 Å². The van der Waals surface area contributed by atoms with Gasteiger partial charge < -0.3 is 5.32 Å². The number of anilines is 1. The Labute approximate surface area is 118 Å². The van der Waals surface area contributed by atoms with Gasteiger partial charge in [-0.15, -0.1) is 0 Å². The lowest BCUT2D eigenvalue weighted by Crippen LogP contribution is -2.61. The molecule has 0 aliphatic carbocycles. The third-order valence-corrected chi connectivity index (χ3v) is 2.53. The Morgan fingerprint density at radius 1 is 0.857 bits per heavy atom. The summed E-state index contributed by atoms with van der Waals surface area (Å²) in [5.74, 6) is -2.78. The van der Waals surface area contributed by atoms with Gasteiger partial charge in [0.25, 0.3) is 0 Å². The molecule has 0 fully saturated rings. The van der Waals surface area contributed by atoms with Crippen molar-refractivity contribution < 1.29 is 22.6 Å². The normalized spacial score (nSPS) is 11.4. The Morgan fingerprint density at radius 2 is 1.52 bits per heavy atom. The molecule has 2 nitrogen and oxygen atoms in total. The van der Waals surface area contributed by atoms with Gasteiger partial charge >= 0.3 is 0 Å². The summed E-state index contributed by atoms with van der Waals surface area (Å²) in [6.45, 7) is 0. The average molecular weight is 295 g/mol. The average Bonchev–Trinajstić information content (AvgIpc) is 2.42. The van der Waals surface area contributed by atoms with Gasteiger partial charge in [0.1, 0.15) is 17.5 Å². The molecule has 0 aliphatic rings. The molecule has 0 saturated heterocycles. The summed E-state index contributed by atoms with van der Waals surface area (Å²) in [7, 11) is 0. The van der Waals surface area contributed by atoms with E-state index >= 15 is 0 Å². The van der Waals surface area contributed by atoms with Crippen LogP contribution in [0.15, 0.2) is 48.7 Å². The summed E-state index contributed by atoms with van der Waals surface area (Å²) in [5, 5.41) is 2.60. The highest BCUT2D eigenvalue weighted by Gasteiger charge is 2.05. The van der Waals surface area contributed by atoms with Gasteiger partial charge in [0, 0.05) is 30.5 Å². The van der Waals surface area contributed by atoms with Gasteiger partial charge in [0.2, 0.25) is 5.69 Å². The largest absolute Gasteiger partial charge is 0.359 e. The van der Waals surface area contributed by atoms with Crippen molar-refractivity contribution in [2.24, 2.45) is 0 Å². The first-order chi connectivity index (χ1) is 10.1. The van der Waals surface area contributed by atoms with Crippen molar-refractivity contribution in [2.45, 2.75) is 0 Å². The second-order valence-corrected chi connectivity index (χ2v) is 4.06. The second kappa shape index (κ2) is 6.69. The van der Waals surface area contributed by atoms with Crippen molar-refractivity contribution in [2.75, 3.05) is 5.32 Å². The Kier molecular flexibility index (Phi) is 4.71. The molecule has 6 heteroatoms. The standard InChI is InChI=1S/C15H10F4N2/c16-10-2-4-14(12(18)8-10)20-6-1-7-21-15-5-3-11(17)9-13(15)19/h1-9,20H/p+1. The van der Waals surface area contributed by atoms with Gasteiger partial charge in [-0.1, -0.05) is 0 Å². The highest BCUT2D eigenvalue weighted by atomic mass is 19.1. The fourth-order valence-corrected chi connectivity index (χ4v) is 1.54. The van der Waals surface area contributed by atoms with E-state index in [0.29, 0.717) is 0 Å². The monoisotopic (exact) mass is 295 g/mol. The summed E-state index contributed by atoms with van der Waals surface area (Å²) in [5.41, 5.74) is 0.211. The molecule has 0 amide bonds. The van der Waals surface area contributed by atoms with E-state index < -0.39 is 23.3 Å². The van der Waals surface area contributed by atoms with E-state index in [1.54, 1.807) is 0 Å². The van der Waals surface area contributed by atoms with E-state index in [0.717, 1.165) is 24.3 Å². The zero-order valence-electron chi connectivity index (χ0n) is 10.7.